The predicted octanol–water partition coefficient (Wildman–Crippen LogP) is 2.31. The Labute approximate surface area is 158 Å². The van der Waals surface area contributed by atoms with Crippen molar-refractivity contribution in [3.8, 4) is 0 Å². The van der Waals surface area contributed by atoms with E-state index in [1.165, 1.54) is 29.8 Å². The number of carbonyl (C=O) groups is 1. The number of rotatable bonds is 7. The molecule has 0 spiro atoms. The molecule has 0 radical (unpaired) electrons. The summed E-state index contributed by atoms with van der Waals surface area (Å²) in [7, 11) is -3.27. The lowest BCUT2D eigenvalue weighted by molar-refractivity contribution is 0.0954. The fourth-order valence-electron chi connectivity index (χ4n) is 2.74. The monoisotopic (exact) mass is 383 g/mol. The van der Waals surface area contributed by atoms with Gasteiger partial charge in [0.1, 0.15) is 5.82 Å². The first-order valence-electron chi connectivity index (χ1n) is 8.56. The van der Waals surface area contributed by atoms with Crippen molar-refractivity contribution < 1.29 is 13.2 Å². The highest BCUT2D eigenvalue weighted by Crippen LogP contribution is 2.10. The van der Waals surface area contributed by atoms with E-state index in [0.717, 1.165) is 18.6 Å². The summed E-state index contributed by atoms with van der Waals surface area (Å²) in [5, 5.41) is 2.84. The van der Waals surface area contributed by atoms with Crippen LogP contribution < -0.4 is 5.32 Å². The lowest BCUT2D eigenvalue weighted by Crippen LogP contribution is -2.26. The van der Waals surface area contributed by atoms with Crippen molar-refractivity contribution in [1.82, 2.24) is 14.9 Å². The van der Waals surface area contributed by atoms with Gasteiger partial charge < -0.3 is 9.88 Å². The van der Waals surface area contributed by atoms with Gasteiger partial charge in [0.05, 0.1) is 4.90 Å². The molecule has 7 heteroatoms. The van der Waals surface area contributed by atoms with Crippen LogP contribution in [0.3, 0.4) is 0 Å². The summed E-state index contributed by atoms with van der Waals surface area (Å²) in [5.41, 5.74) is 1.61. The summed E-state index contributed by atoms with van der Waals surface area (Å²) in [4.78, 5) is 16.8. The molecule has 0 aliphatic heterocycles. The minimum atomic E-state index is -3.27. The second-order valence-electron chi connectivity index (χ2n) is 6.26. The molecule has 0 fully saturated rings. The Morgan fingerprint density at radius 1 is 1.07 bits per heavy atom. The Bertz CT molecular complexity index is 1010. The molecule has 0 saturated carbocycles. The number of aromatic nitrogens is 2. The zero-order chi connectivity index (χ0) is 19.3. The highest BCUT2D eigenvalue weighted by Gasteiger charge is 2.10. The maximum absolute atomic E-state index is 12.2. The highest BCUT2D eigenvalue weighted by atomic mass is 32.2. The van der Waals surface area contributed by atoms with Crippen molar-refractivity contribution in [3.05, 3.63) is 83.9 Å². The third kappa shape index (κ3) is 5.04. The predicted molar refractivity (Wildman–Crippen MR) is 103 cm³/mol. The van der Waals surface area contributed by atoms with Crippen LogP contribution in [0, 0.1) is 0 Å². The molecule has 3 rings (SSSR count). The Morgan fingerprint density at radius 3 is 2.44 bits per heavy atom. The van der Waals surface area contributed by atoms with Crippen LogP contribution in [0.4, 0.5) is 0 Å². The first-order chi connectivity index (χ1) is 12.9. The fourth-order valence-corrected chi connectivity index (χ4v) is 3.37. The van der Waals surface area contributed by atoms with Gasteiger partial charge in [-0.15, -0.1) is 0 Å². The van der Waals surface area contributed by atoms with Crippen LogP contribution in [0.5, 0.6) is 0 Å². The van der Waals surface area contributed by atoms with Crippen LogP contribution in [0.1, 0.15) is 21.7 Å². The van der Waals surface area contributed by atoms with E-state index in [4.69, 9.17) is 0 Å². The lowest BCUT2D eigenvalue weighted by Gasteiger charge is -2.09. The average Bonchev–Trinajstić information content (AvgIpc) is 3.09. The largest absolute Gasteiger partial charge is 0.352 e. The van der Waals surface area contributed by atoms with Crippen molar-refractivity contribution >= 4 is 15.7 Å². The van der Waals surface area contributed by atoms with Crippen LogP contribution >= 0.6 is 0 Å². The van der Waals surface area contributed by atoms with Crippen LogP contribution in [0.25, 0.3) is 0 Å². The number of benzene rings is 2. The van der Waals surface area contributed by atoms with Crippen LogP contribution in [-0.4, -0.2) is 36.7 Å². The molecule has 0 saturated heterocycles. The molecular formula is C20H21N3O3S. The number of carbonyl (C=O) groups excluding carboxylic acids is 1. The van der Waals surface area contributed by atoms with Crippen molar-refractivity contribution in [2.45, 2.75) is 17.9 Å². The number of sulfone groups is 1. The number of amides is 1. The molecule has 3 aromatic rings. The maximum Gasteiger partial charge on any atom is 0.251 e. The number of hydrogen-bond acceptors (Lipinski definition) is 4. The lowest BCUT2D eigenvalue weighted by atomic mass is 10.2. The number of nitrogens with one attached hydrogen (secondary N) is 1. The van der Waals surface area contributed by atoms with Gasteiger partial charge in [-0.05, 0) is 29.8 Å². The van der Waals surface area contributed by atoms with E-state index in [1.54, 1.807) is 6.20 Å². The molecule has 0 aliphatic carbocycles. The zero-order valence-corrected chi connectivity index (χ0v) is 15.8. The van der Waals surface area contributed by atoms with Gasteiger partial charge in [-0.3, -0.25) is 4.79 Å². The van der Waals surface area contributed by atoms with Gasteiger partial charge in [0, 0.05) is 43.7 Å². The van der Waals surface area contributed by atoms with Crippen LogP contribution in [0.2, 0.25) is 0 Å². The molecule has 1 amide bonds. The SMILES string of the molecule is CS(=O)(=O)c1ccc(C(=O)NCCc2nccn2Cc2ccccc2)cc1. The summed E-state index contributed by atoms with van der Waals surface area (Å²) in [5.74, 6) is 0.655. The Kier molecular flexibility index (Phi) is 5.71. The number of imidazole rings is 1. The molecule has 140 valence electrons. The standard InChI is InChI=1S/C20H21N3O3S/c1-27(25,26)18-9-7-17(8-10-18)20(24)22-12-11-19-21-13-14-23(19)15-16-5-3-2-4-6-16/h2-10,13-14H,11-12,15H2,1H3,(H,22,24). The van der Waals surface area contributed by atoms with Crippen molar-refractivity contribution in [2.24, 2.45) is 0 Å². The van der Waals surface area contributed by atoms with Gasteiger partial charge >= 0.3 is 0 Å². The number of nitrogens with zero attached hydrogens (tertiary/aromatic N) is 2. The number of hydrogen-bond donors (Lipinski definition) is 1. The minimum absolute atomic E-state index is 0.196. The smallest absolute Gasteiger partial charge is 0.251 e. The van der Waals surface area contributed by atoms with Crippen molar-refractivity contribution in [3.63, 3.8) is 0 Å². The molecule has 1 aromatic heterocycles. The minimum Gasteiger partial charge on any atom is -0.352 e. The third-order valence-corrected chi connectivity index (χ3v) is 5.30. The summed E-state index contributed by atoms with van der Waals surface area (Å²) < 4.78 is 25.0. The summed E-state index contributed by atoms with van der Waals surface area (Å²) >= 11 is 0. The van der Waals surface area contributed by atoms with Crippen molar-refractivity contribution in [2.75, 3.05) is 12.8 Å². The Hall–Kier alpha value is -2.93. The molecule has 1 heterocycles. The van der Waals surface area contributed by atoms with E-state index in [0.29, 0.717) is 18.5 Å². The molecule has 0 aliphatic rings. The van der Waals surface area contributed by atoms with Crippen LogP contribution in [0.15, 0.2) is 71.9 Å². The van der Waals surface area contributed by atoms with Gasteiger partial charge in [0.25, 0.3) is 5.91 Å². The Balaban J connectivity index is 1.56. The third-order valence-electron chi connectivity index (χ3n) is 4.18. The van der Waals surface area contributed by atoms with E-state index < -0.39 is 9.84 Å². The summed E-state index contributed by atoms with van der Waals surface area (Å²) in [6.45, 7) is 1.18. The summed E-state index contributed by atoms with van der Waals surface area (Å²) in [6, 6.07) is 16.0. The summed E-state index contributed by atoms with van der Waals surface area (Å²) in [6.07, 6.45) is 5.42. The van der Waals surface area contributed by atoms with Gasteiger partial charge in [-0.1, -0.05) is 30.3 Å². The van der Waals surface area contributed by atoms with Gasteiger partial charge in [0.15, 0.2) is 9.84 Å². The van der Waals surface area contributed by atoms with Gasteiger partial charge in [-0.2, -0.15) is 0 Å². The molecule has 2 aromatic carbocycles. The molecule has 6 nitrogen and oxygen atoms in total. The van der Waals surface area contributed by atoms with E-state index >= 15 is 0 Å². The van der Waals surface area contributed by atoms with Gasteiger partial charge in [0.2, 0.25) is 0 Å². The highest BCUT2D eigenvalue weighted by molar-refractivity contribution is 7.90. The van der Waals surface area contributed by atoms with Crippen LogP contribution in [-0.2, 0) is 22.8 Å². The van der Waals surface area contributed by atoms with Gasteiger partial charge in [-0.25, -0.2) is 13.4 Å². The van der Waals surface area contributed by atoms with E-state index in [1.807, 2.05) is 24.4 Å². The first kappa shape index (κ1) is 18.8. The first-order valence-corrected chi connectivity index (χ1v) is 10.4. The fraction of sp³-hybridized carbons (Fsp3) is 0.200. The van der Waals surface area contributed by atoms with E-state index in [9.17, 15) is 13.2 Å². The zero-order valence-electron chi connectivity index (χ0n) is 15.0. The molecule has 0 atom stereocenters. The molecule has 0 unspecified atom stereocenters. The molecule has 27 heavy (non-hydrogen) atoms. The maximum atomic E-state index is 12.2. The second kappa shape index (κ2) is 8.18. The van der Waals surface area contributed by atoms with Crippen molar-refractivity contribution in [1.29, 1.82) is 0 Å². The normalized spacial score (nSPS) is 11.3. The quantitative estimate of drug-likeness (QED) is 0.679. The van der Waals surface area contributed by atoms with E-state index in [-0.39, 0.29) is 10.8 Å². The second-order valence-corrected chi connectivity index (χ2v) is 8.28. The average molecular weight is 383 g/mol. The molecular weight excluding hydrogens is 362 g/mol. The molecule has 0 bridgehead atoms. The topological polar surface area (TPSA) is 81.1 Å². The van der Waals surface area contributed by atoms with E-state index in [2.05, 4.69) is 27.0 Å². The Morgan fingerprint density at radius 2 is 1.78 bits per heavy atom. The molecule has 1 N–H and O–H groups in total.